The van der Waals surface area contributed by atoms with Gasteiger partial charge in [0, 0.05) is 18.4 Å². The quantitative estimate of drug-likeness (QED) is 0.830. The van der Waals surface area contributed by atoms with E-state index in [9.17, 15) is 0 Å². The molecule has 0 radical (unpaired) electrons. The van der Waals surface area contributed by atoms with Crippen LogP contribution in [0.2, 0.25) is 0 Å². The Morgan fingerprint density at radius 1 is 1.12 bits per heavy atom. The predicted octanol–water partition coefficient (Wildman–Crippen LogP) is 3.02. The molecule has 0 aliphatic heterocycles. The minimum atomic E-state index is 0.571. The van der Waals surface area contributed by atoms with E-state index < -0.39 is 0 Å². The lowest BCUT2D eigenvalue weighted by Gasteiger charge is -2.32. The Morgan fingerprint density at radius 3 is 2.56 bits per heavy atom. The van der Waals surface area contributed by atoms with E-state index in [0.29, 0.717) is 6.04 Å². The van der Waals surface area contributed by atoms with Gasteiger partial charge in [-0.15, -0.1) is 0 Å². The maximum absolute atomic E-state index is 4.34. The van der Waals surface area contributed by atoms with Gasteiger partial charge in [0.25, 0.3) is 0 Å². The maximum Gasteiger partial charge on any atom is 0.147 e. The van der Waals surface area contributed by atoms with E-state index in [1.165, 1.54) is 19.3 Å². The molecule has 1 aromatic heterocycles. The molecule has 0 saturated heterocycles. The summed E-state index contributed by atoms with van der Waals surface area (Å²) in [5.74, 6) is 2.62. The highest BCUT2D eigenvalue weighted by molar-refractivity contribution is 5.39. The van der Waals surface area contributed by atoms with Crippen LogP contribution in [0.4, 0.5) is 5.82 Å². The van der Waals surface area contributed by atoms with Gasteiger partial charge in [-0.2, -0.15) is 0 Å². The van der Waals surface area contributed by atoms with Crippen LogP contribution < -0.4 is 5.32 Å². The maximum atomic E-state index is 4.34. The summed E-state index contributed by atoms with van der Waals surface area (Å²) >= 11 is 0. The van der Waals surface area contributed by atoms with Gasteiger partial charge in [-0.25, -0.2) is 4.98 Å². The molecule has 1 N–H and O–H groups in total. The average molecular weight is 219 g/mol. The van der Waals surface area contributed by atoms with Gasteiger partial charge >= 0.3 is 0 Å². The fraction of sp³-hybridized carbons (Fsp3) is 0.692. The van der Waals surface area contributed by atoms with Crippen LogP contribution in [0.15, 0.2) is 12.4 Å². The molecule has 1 saturated carbocycles. The molecule has 0 bridgehead atoms. The minimum absolute atomic E-state index is 0.571. The fourth-order valence-corrected chi connectivity index (χ4v) is 2.42. The van der Waals surface area contributed by atoms with Crippen LogP contribution in [-0.2, 0) is 0 Å². The van der Waals surface area contributed by atoms with Crippen molar-refractivity contribution in [2.75, 3.05) is 5.32 Å². The van der Waals surface area contributed by atoms with E-state index in [-0.39, 0.29) is 0 Å². The number of nitrogens with one attached hydrogen (secondary N) is 1. The standard InChI is InChI=1S/C13H21N3/c1-9-4-5-12(8-10(9)2)16-13-11(3)14-6-7-15-13/h6-7,9-10,12H,4-5,8H2,1-3H3,(H,15,16). The molecular weight excluding hydrogens is 198 g/mol. The lowest BCUT2D eigenvalue weighted by atomic mass is 9.79. The van der Waals surface area contributed by atoms with E-state index in [1.54, 1.807) is 12.4 Å². The molecule has 0 amide bonds. The average Bonchev–Trinajstić information content (AvgIpc) is 2.27. The molecule has 1 fully saturated rings. The van der Waals surface area contributed by atoms with Crippen LogP contribution in [-0.4, -0.2) is 16.0 Å². The van der Waals surface area contributed by atoms with Crippen molar-refractivity contribution in [1.29, 1.82) is 0 Å². The van der Waals surface area contributed by atoms with Crippen LogP contribution in [0.3, 0.4) is 0 Å². The summed E-state index contributed by atoms with van der Waals surface area (Å²) in [4.78, 5) is 8.60. The Kier molecular flexibility index (Phi) is 3.42. The molecule has 1 heterocycles. The van der Waals surface area contributed by atoms with Gasteiger partial charge in [-0.3, -0.25) is 4.98 Å². The highest BCUT2D eigenvalue weighted by Gasteiger charge is 2.24. The number of aryl methyl sites for hydroxylation is 1. The Labute approximate surface area is 97.7 Å². The largest absolute Gasteiger partial charge is 0.366 e. The third-order valence-corrected chi connectivity index (χ3v) is 3.82. The SMILES string of the molecule is Cc1nccnc1NC1CCC(C)C(C)C1. The van der Waals surface area contributed by atoms with Gasteiger partial charge in [-0.05, 0) is 38.0 Å². The first-order chi connectivity index (χ1) is 7.66. The third kappa shape index (κ3) is 2.52. The van der Waals surface area contributed by atoms with Crippen LogP contribution in [0, 0.1) is 18.8 Å². The third-order valence-electron chi connectivity index (χ3n) is 3.82. The number of hydrogen-bond donors (Lipinski definition) is 1. The van der Waals surface area contributed by atoms with Crippen molar-refractivity contribution >= 4 is 5.82 Å². The van der Waals surface area contributed by atoms with Crippen molar-refractivity contribution < 1.29 is 0 Å². The molecule has 16 heavy (non-hydrogen) atoms. The van der Waals surface area contributed by atoms with Crippen LogP contribution >= 0.6 is 0 Å². The molecule has 0 aromatic carbocycles. The minimum Gasteiger partial charge on any atom is -0.366 e. The highest BCUT2D eigenvalue weighted by atomic mass is 15.0. The molecule has 2 rings (SSSR count). The first-order valence-electron chi connectivity index (χ1n) is 6.21. The first-order valence-corrected chi connectivity index (χ1v) is 6.21. The fourth-order valence-electron chi connectivity index (χ4n) is 2.42. The number of hydrogen-bond acceptors (Lipinski definition) is 3. The van der Waals surface area contributed by atoms with Crippen molar-refractivity contribution in [2.24, 2.45) is 11.8 Å². The van der Waals surface area contributed by atoms with Crippen LogP contribution in [0.1, 0.15) is 38.8 Å². The summed E-state index contributed by atoms with van der Waals surface area (Å²) in [5, 5.41) is 3.53. The van der Waals surface area contributed by atoms with Crippen molar-refractivity contribution in [1.82, 2.24) is 9.97 Å². The van der Waals surface area contributed by atoms with Gasteiger partial charge in [0.1, 0.15) is 5.82 Å². The Morgan fingerprint density at radius 2 is 1.88 bits per heavy atom. The number of rotatable bonds is 2. The lowest BCUT2D eigenvalue weighted by molar-refractivity contribution is 0.260. The second kappa shape index (κ2) is 4.81. The van der Waals surface area contributed by atoms with Crippen molar-refractivity contribution in [3.05, 3.63) is 18.1 Å². The first kappa shape index (κ1) is 11.4. The van der Waals surface area contributed by atoms with Crippen molar-refractivity contribution in [3.63, 3.8) is 0 Å². The zero-order valence-corrected chi connectivity index (χ0v) is 10.4. The zero-order valence-electron chi connectivity index (χ0n) is 10.4. The summed E-state index contributed by atoms with van der Waals surface area (Å²) in [6, 6.07) is 0.571. The van der Waals surface area contributed by atoms with Gasteiger partial charge in [0.2, 0.25) is 0 Å². The van der Waals surface area contributed by atoms with E-state index in [2.05, 4.69) is 29.1 Å². The molecule has 3 unspecified atom stereocenters. The van der Waals surface area contributed by atoms with Gasteiger partial charge in [0.05, 0.1) is 5.69 Å². The Balaban J connectivity index is 1.98. The summed E-state index contributed by atoms with van der Waals surface area (Å²) in [6.45, 7) is 6.71. The summed E-state index contributed by atoms with van der Waals surface area (Å²) in [6.07, 6.45) is 7.31. The predicted molar refractivity (Wildman–Crippen MR) is 66.4 cm³/mol. The van der Waals surface area contributed by atoms with Crippen molar-refractivity contribution in [2.45, 2.75) is 46.1 Å². The summed E-state index contributed by atoms with van der Waals surface area (Å²) in [5.41, 5.74) is 0.994. The van der Waals surface area contributed by atoms with Gasteiger partial charge in [-0.1, -0.05) is 13.8 Å². The van der Waals surface area contributed by atoms with Gasteiger partial charge in [0.15, 0.2) is 0 Å². The second-order valence-electron chi connectivity index (χ2n) is 5.10. The number of anilines is 1. The van der Waals surface area contributed by atoms with Crippen molar-refractivity contribution in [3.8, 4) is 0 Å². The molecule has 3 atom stereocenters. The molecule has 88 valence electrons. The molecular formula is C13H21N3. The van der Waals surface area contributed by atoms with Crippen LogP contribution in [0.25, 0.3) is 0 Å². The molecule has 0 spiro atoms. The van der Waals surface area contributed by atoms with E-state index in [4.69, 9.17) is 0 Å². The molecule has 3 heteroatoms. The molecule has 1 aliphatic carbocycles. The van der Waals surface area contributed by atoms with E-state index >= 15 is 0 Å². The smallest absolute Gasteiger partial charge is 0.147 e. The topological polar surface area (TPSA) is 37.8 Å². The van der Waals surface area contributed by atoms with E-state index in [0.717, 1.165) is 23.3 Å². The second-order valence-corrected chi connectivity index (χ2v) is 5.10. The lowest BCUT2D eigenvalue weighted by Crippen LogP contribution is -2.30. The molecule has 3 nitrogen and oxygen atoms in total. The normalized spacial score (nSPS) is 30.1. The van der Waals surface area contributed by atoms with Gasteiger partial charge < -0.3 is 5.32 Å². The number of aromatic nitrogens is 2. The summed E-state index contributed by atoms with van der Waals surface area (Å²) in [7, 11) is 0. The molecule has 1 aromatic rings. The number of nitrogens with zero attached hydrogens (tertiary/aromatic N) is 2. The zero-order chi connectivity index (χ0) is 11.5. The molecule has 1 aliphatic rings. The highest BCUT2D eigenvalue weighted by Crippen LogP contribution is 2.30. The van der Waals surface area contributed by atoms with Crippen LogP contribution in [0.5, 0.6) is 0 Å². The Hall–Kier alpha value is -1.12. The summed E-state index contributed by atoms with van der Waals surface area (Å²) < 4.78 is 0. The Bertz CT molecular complexity index is 351. The monoisotopic (exact) mass is 219 g/mol. The van der Waals surface area contributed by atoms with E-state index in [1.807, 2.05) is 6.92 Å².